The summed E-state index contributed by atoms with van der Waals surface area (Å²) < 4.78 is 0. The highest BCUT2D eigenvalue weighted by atomic mass is 32.2. The fourth-order valence-electron chi connectivity index (χ4n) is 0.636. The lowest BCUT2D eigenvalue weighted by atomic mass is 10.4. The fraction of sp³-hybridized carbons (Fsp3) is 1.00. The van der Waals surface area contributed by atoms with Crippen LogP contribution in [0.3, 0.4) is 0 Å². The number of hydrogen-bond donors (Lipinski definition) is 2. The maximum Gasteiger partial charge on any atom is 0.0861 e. The van der Waals surface area contributed by atoms with Crippen molar-refractivity contribution in [3.8, 4) is 0 Å². The van der Waals surface area contributed by atoms with Crippen LogP contribution >= 0.6 is 23.5 Å². The first-order valence-electron chi connectivity index (χ1n) is 4.25. The van der Waals surface area contributed by atoms with Gasteiger partial charge >= 0.3 is 0 Å². The molecular formula is C8H18O2S2. The highest BCUT2D eigenvalue weighted by Crippen LogP contribution is 2.08. The topological polar surface area (TPSA) is 40.5 Å². The van der Waals surface area contributed by atoms with Crippen molar-refractivity contribution in [3.63, 3.8) is 0 Å². The summed E-state index contributed by atoms with van der Waals surface area (Å²) in [5.74, 6) is 4.10. The van der Waals surface area contributed by atoms with E-state index in [4.69, 9.17) is 10.2 Å². The van der Waals surface area contributed by atoms with Crippen LogP contribution in [0.1, 0.15) is 13.3 Å². The molecule has 0 bridgehead atoms. The second-order valence-corrected chi connectivity index (χ2v) is 4.90. The maximum atomic E-state index is 8.98. The van der Waals surface area contributed by atoms with Crippen LogP contribution < -0.4 is 0 Å². The standard InChI is InChI=1S/C8H18O2S2/c1-2-3-11-4-5-12-7-8(10)6-9/h8-10H,2-7H2,1H3. The van der Waals surface area contributed by atoms with Gasteiger partial charge in [0.2, 0.25) is 0 Å². The van der Waals surface area contributed by atoms with Crippen LogP contribution in [-0.2, 0) is 0 Å². The molecule has 2 nitrogen and oxygen atoms in total. The van der Waals surface area contributed by atoms with Gasteiger partial charge in [-0.25, -0.2) is 0 Å². The monoisotopic (exact) mass is 210 g/mol. The normalized spacial score (nSPS) is 13.2. The summed E-state index contributed by atoms with van der Waals surface area (Å²) in [5.41, 5.74) is 0. The van der Waals surface area contributed by atoms with Crippen molar-refractivity contribution in [2.45, 2.75) is 19.4 Å². The number of hydrogen-bond acceptors (Lipinski definition) is 4. The molecule has 12 heavy (non-hydrogen) atoms. The number of aliphatic hydroxyl groups excluding tert-OH is 2. The van der Waals surface area contributed by atoms with E-state index >= 15 is 0 Å². The average Bonchev–Trinajstić information content (AvgIpc) is 2.10. The summed E-state index contributed by atoms with van der Waals surface area (Å²) in [5, 5.41) is 17.5. The summed E-state index contributed by atoms with van der Waals surface area (Å²) in [6, 6.07) is 0. The van der Waals surface area contributed by atoms with Crippen LogP contribution in [0, 0.1) is 0 Å². The van der Waals surface area contributed by atoms with E-state index in [1.807, 2.05) is 11.8 Å². The van der Waals surface area contributed by atoms with E-state index in [1.165, 1.54) is 12.2 Å². The Bertz CT molecular complexity index is 91.1. The minimum absolute atomic E-state index is 0.116. The molecule has 0 saturated carbocycles. The summed E-state index contributed by atoms with van der Waals surface area (Å²) in [4.78, 5) is 0. The zero-order chi connectivity index (χ0) is 9.23. The smallest absolute Gasteiger partial charge is 0.0861 e. The third-order valence-corrected chi connectivity index (χ3v) is 3.80. The van der Waals surface area contributed by atoms with Crippen molar-refractivity contribution in [1.29, 1.82) is 0 Å². The molecule has 74 valence electrons. The highest BCUT2D eigenvalue weighted by molar-refractivity contribution is 8.02. The van der Waals surface area contributed by atoms with E-state index in [9.17, 15) is 0 Å². The minimum Gasteiger partial charge on any atom is -0.394 e. The van der Waals surface area contributed by atoms with Gasteiger partial charge in [-0.3, -0.25) is 0 Å². The predicted molar refractivity (Wildman–Crippen MR) is 58.0 cm³/mol. The molecular weight excluding hydrogens is 192 g/mol. The second kappa shape index (κ2) is 9.71. The molecule has 0 heterocycles. The van der Waals surface area contributed by atoms with Crippen molar-refractivity contribution in [2.75, 3.05) is 29.6 Å². The second-order valence-electron chi connectivity index (χ2n) is 2.52. The summed E-state index contributed by atoms with van der Waals surface area (Å²) in [6.45, 7) is 2.06. The van der Waals surface area contributed by atoms with Crippen molar-refractivity contribution in [2.24, 2.45) is 0 Å². The average molecular weight is 210 g/mol. The van der Waals surface area contributed by atoms with Crippen LogP contribution in [0.5, 0.6) is 0 Å². The van der Waals surface area contributed by atoms with Crippen LogP contribution in [0.2, 0.25) is 0 Å². The summed E-state index contributed by atoms with van der Waals surface area (Å²) in [7, 11) is 0. The van der Waals surface area contributed by atoms with Gasteiger partial charge in [0.05, 0.1) is 12.7 Å². The Morgan fingerprint density at radius 1 is 1.17 bits per heavy atom. The van der Waals surface area contributed by atoms with Gasteiger partial charge in [0.25, 0.3) is 0 Å². The van der Waals surface area contributed by atoms with Gasteiger partial charge in [-0.05, 0) is 12.2 Å². The zero-order valence-corrected chi connectivity index (χ0v) is 9.16. The molecule has 4 heteroatoms. The van der Waals surface area contributed by atoms with E-state index in [2.05, 4.69) is 6.92 Å². The SMILES string of the molecule is CCCSCCSCC(O)CO. The van der Waals surface area contributed by atoms with Gasteiger partial charge in [0.15, 0.2) is 0 Å². The number of thioether (sulfide) groups is 2. The van der Waals surface area contributed by atoms with Gasteiger partial charge < -0.3 is 10.2 Å². The minimum atomic E-state index is -0.536. The number of rotatable bonds is 8. The Hall–Kier alpha value is 0.620. The lowest BCUT2D eigenvalue weighted by Crippen LogP contribution is -2.15. The molecule has 0 aliphatic heterocycles. The molecule has 0 amide bonds. The van der Waals surface area contributed by atoms with Crippen molar-refractivity contribution in [1.82, 2.24) is 0 Å². The van der Waals surface area contributed by atoms with Crippen molar-refractivity contribution >= 4 is 23.5 Å². The Morgan fingerprint density at radius 3 is 2.42 bits per heavy atom. The van der Waals surface area contributed by atoms with E-state index in [0.29, 0.717) is 5.75 Å². The first kappa shape index (κ1) is 12.6. The molecule has 0 aliphatic rings. The predicted octanol–water partition coefficient (Wildman–Crippen LogP) is 1.22. The molecule has 0 aromatic carbocycles. The van der Waals surface area contributed by atoms with E-state index in [1.54, 1.807) is 11.8 Å². The third-order valence-electron chi connectivity index (χ3n) is 1.24. The lowest BCUT2D eigenvalue weighted by molar-refractivity contribution is 0.113. The molecule has 1 atom stereocenters. The molecule has 2 N–H and O–H groups in total. The van der Waals surface area contributed by atoms with Crippen LogP contribution in [-0.4, -0.2) is 45.9 Å². The number of aliphatic hydroxyl groups is 2. The molecule has 0 aromatic heterocycles. The Balaban J connectivity index is 2.90. The molecule has 0 radical (unpaired) electrons. The largest absolute Gasteiger partial charge is 0.394 e. The lowest BCUT2D eigenvalue weighted by Gasteiger charge is -2.05. The van der Waals surface area contributed by atoms with Gasteiger partial charge in [-0.2, -0.15) is 23.5 Å². The van der Waals surface area contributed by atoms with Gasteiger partial charge in [0.1, 0.15) is 0 Å². The van der Waals surface area contributed by atoms with Crippen LogP contribution in [0.15, 0.2) is 0 Å². The van der Waals surface area contributed by atoms with E-state index in [-0.39, 0.29) is 6.61 Å². The van der Waals surface area contributed by atoms with E-state index < -0.39 is 6.10 Å². The molecule has 0 saturated heterocycles. The maximum absolute atomic E-state index is 8.98. The molecule has 0 aliphatic carbocycles. The summed E-state index contributed by atoms with van der Waals surface area (Å²) >= 11 is 3.65. The molecule has 0 spiro atoms. The molecule has 0 fully saturated rings. The third kappa shape index (κ3) is 8.71. The summed E-state index contributed by atoms with van der Waals surface area (Å²) in [6.07, 6.45) is 0.695. The van der Waals surface area contributed by atoms with E-state index in [0.717, 1.165) is 11.5 Å². The Morgan fingerprint density at radius 2 is 1.83 bits per heavy atom. The highest BCUT2D eigenvalue weighted by Gasteiger charge is 2.00. The fourth-order valence-corrected chi connectivity index (χ4v) is 2.62. The first-order chi connectivity index (χ1) is 5.81. The van der Waals surface area contributed by atoms with Crippen LogP contribution in [0.4, 0.5) is 0 Å². The van der Waals surface area contributed by atoms with Gasteiger partial charge in [-0.15, -0.1) is 0 Å². The van der Waals surface area contributed by atoms with Crippen molar-refractivity contribution < 1.29 is 10.2 Å². The Kier molecular flexibility index (Phi) is 10.2. The van der Waals surface area contributed by atoms with Crippen molar-refractivity contribution in [3.05, 3.63) is 0 Å². The zero-order valence-electron chi connectivity index (χ0n) is 7.53. The molecule has 1 unspecified atom stereocenters. The van der Waals surface area contributed by atoms with Gasteiger partial charge in [0, 0.05) is 17.3 Å². The Labute approximate surface area is 83.1 Å². The molecule has 0 rings (SSSR count). The quantitative estimate of drug-likeness (QED) is 0.591. The van der Waals surface area contributed by atoms with Gasteiger partial charge in [-0.1, -0.05) is 6.92 Å². The van der Waals surface area contributed by atoms with Crippen LogP contribution in [0.25, 0.3) is 0 Å². The first-order valence-corrected chi connectivity index (χ1v) is 6.56. The molecule has 0 aromatic rings.